The smallest absolute Gasteiger partial charge is 0.00418 e. The molecule has 1 aliphatic rings. The monoisotopic (exact) mass is 178 g/mol. The molecule has 0 heterocycles. The molecule has 1 aliphatic carbocycles. The number of rotatable bonds is 2. The molecule has 0 spiro atoms. The lowest BCUT2D eigenvalue weighted by Gasteiger charge is -2.18. The maximum absolute atomic E-state index is 2.43. The molecule has 0 radical (unpaired) electrons. The number of allylic oxidation sites excluding steroid dienone is 4. The first-order valence-electron chi connectivity index (χ1n) is 5.30. The highest BCUT2D eigenvalue weighted by atomic mass is 14.2. The van der Waals surface area contributed by atoms with Gasteiger partial charge in [-0.05, 0) is 29.2 Å². The van der Waals surface area contributed by atoms with E-state index in [1.54, 1.807) is 0 Å². The average molecular weight is 178 g/mol. The zero-order valence-corrected chi connectivity index (χ0v) is 9.59. The minimum absolute atomic E-state index is 0.322. The molecule has 0 aliphatic heterocycles. The van der Waals surface area contributed by atoms with Crippen LogP contribution in [0.2, 0.25) is 0 Å². The van der Waals surface area contributed by atoms with Crippen molar-refractivity contribution in [2.24, 2.45) is 17.3 Å². The van der Waals surface area contributed by atoms with Crippen molar-refractivity contribution in [2.45, 2.75) is 41.0 Å². The van der Waals surface area contributed by atoms with Crippen molar-refractivity contribution in [2.75, 3.05) is 0 Å². The van der Waals surface area contributed by atoms with Gasteiger partial charge in [-0.15, -0.1) is 0 Å². The molecular weight excluding hydrogens is 156 g/mol. The van der Waals surface area contributed by atoms with Crippen LogP contribution in [0.3, 0.4) is 0 Å². The Hall–Kier alpha value is -0.520. The second kappa shape index (κ2) is 3.69. The molecule has 74 valence electrons. The van der Waals surface area contributed by atoms with Crippen molar-refractivity contribution in [1.29, 1.82) is 0 Å². The third-order valence-electron chi connectivity index (χ3n) is 2.53. The van der Waals surface area contributed by atoms with Crippen LogP contribution < -0.4 is 0 Å². The summed E-state index contributed by atoms with van der Waals surface area (Å²) in [5.74, 6) is 1.49. The first-order valence-corrected chi connectivity index (χ1v) is 5.30. The Bertz CT molecular complexity index is 223. The van der Waals surface area contributed by atoms with Crippen molar-refractivity contribution < 1.29 is 0 Å². The summed E-state index contributed by atoms with van der Waals surface area (Å²) in [6.07, 6.45) is 8.36. The fraction of sp³-hybridized carbons (Fsp3) is 0.692. The van der Waals surface area contributed by atoms with Gasteiger partial charge in [-0.3, -0.25) is 0 Å². The van der Waals surface area contributed by atoms with E-state index in [1.165, 1.54) is 12.0 Å². The van der Waals surface area contributed by atoms with E-state index < -0.39 is 0 Å². The van der Waals surface area contributed by atoms with Gasteiger partial charge in [0.2, 0.25) is 0 Å². The summed E-state index contributed by atoms with van der Waals surface area (Å²) >= 11 is 0. The molecule has 0 heteroatoms. The molecule has 0 saturated heterocycles. The number of hydrogen-bond donors (Lipinski definition) is 0. The highest BCUT2D eigenvalue weighted by Crippen LogP contribution is 2.33. The molecule has 0 aromatic rings. The van der Waals surface area contributed by atoms with Gasteiger partial charge < -0.3 is 0 Å². The van der Waals surface area contributed by atoms with Gasteiger partial charge in [0.25, 0.3) is 0 Å². The largest absolute Gasteiger partial charge is 0.0773 e. The van der Waals surface area contributed by atoms with Crippen LogP contribution in [-0.2, 0) is 0 Å². The molecular formula is C13H22. The third kappa shape index (κ3) is 3.02. The Morgan fingerprint density at radius 2 is 1.92 bits per heavy atom. The van der Waals surface area contributed by atoms with Crippen LogP contribution >= 0.6 is 0 Å². The Balaban J connectivity index is 2.61. The van der Waals surface area contributed by atoms with Gasteiger partial charge >= 0.3 is 0 Å². The maximum Gasteiger partial charge on any atom is -0.00418 e. The molecule has 13 heavy (non-hydrogen) atoms. The van der Waals surface area contributed by atoms with Crippen LogP contribution in [0, 0.1) is 17.3 Å². The second-order valence-electron chi connectivity index (χ2n) is 5.52. The van der Waals surface area contributed by atoms with Gasteiger partial charge in [0, 0.05) is 0 Å². The molecule has 0 aromatic carbocycles. The van der Waals surface area contributed by atoms with Crippen molar-refractivity contribution in [3.05, 3.63) is 23.8 Å². The van der Waals surface area contributed by atoms with Crippen LogP contribution in [0.4, 0.5) is 0 Å². The molecule has 1 atom stereocenters. The highest BCUT2D eigenvalue weighted by molar-refractivity contribution is 5.33. The van der Waals surface area contributed by atoms with E-state index in [9.17, 15) is 0 Å². The second-order valence-corrected chi connectivity index (χ2v) is 5.52. The first kappa shape index (κ1) is 10.6. The normalized spacial score (nSPS) is 22.6. The molecule has 0 saturated carbocycles. The highest BCUT2D eigenvalue weighted by Gasteiger charge is 2.20. The van der Waals surface area contributed by atoms with Crippen molar-refractivity contribution in [1.82, 2.24) is 0 Å². The van der Waals surface area contributed by atoms with E-state index in [0.717, 1.165) is 5.92 Å². The van der Waals surface area contributed by atoms with Crippen LogP contribution in [0.1, 0.15) is 41.0 Å². The minimum Gasteiger partial charge on any atom is -0.0773 e. The topological polar surface area (TPSA) is 0 Å². The fourth-order valence-electron chi connectivity index (χ4n) is 1.76. The summed E-state index contributed by atoms with van der Waals surface area (Å²) in [5, 5.41) is 0. The molecule has 0 aromatic heterocycles. The Morgan fingerprint density at radius 3 is 2.31 bits per heavy atom. The minimum atomic E-state index is 0.322. The lowest BCUT2D eigenvalue weighted by atomic mass is 9.86. The zero-order chi connectivity index (χ0) is 10.1. The molecule has 0 amide bonds. The molecule has 0 bridgehead atoms. The lowest BCUT2D eigenvalue weighted by Crippen LogP contribution is -2.06. The van der Waals surface area contributed by atoms with E-state index in [4.69, 9.17) is 0 Å². The summed E-state index contributed by atoms with van der Waals surface area (Å²) in [4.78, 5) is 0. The quantitative estimate of drug-likeness (QED) is 0.594. The van der Waals surface area contributed by atoms with Crippen LogP contribution in [0.15, 0.2) is 23.8 Å². The molecule has 0 N–H and O–H groups in total. The van der Waals surface area contributed by atoms with E-state index >= 15 is 0 Å². The van der Waals surface area contributed by atoms with Gasteiger partial charge in [-0.25, -0.2) is 0 Å². The molecule has 0 nitrogen and oxygen atoms in total. The third-order valence-corrected chi connectivity index (χ3v) is 2.53. The Labute approximate surface area is 82.7 Å². The van der Waals surface area contributed by atoms with E-state index in [2.05, 4.69) is 52.8 Å². The van der Waals surface area contributed by atoms with Crippen LogP contribution in [-0.4, -0.2) is 0 Å². The summed E-state index contributed by atoms with van der Waals surface area (Å²) in [7, 11) is 0. The number of hydrogen-bond acceptors (Lipinski definition) is 0. The maximum atomic E-state index is 2.43. The fourth-order valence-corrected chi connectivity index (χ4v) is 1.76. The van der Waals surface area contributed by atoms with Crippen molar-refractivity contribution >= 4 is 0 Å². The molecule has 0 fully saturated rings. The van der Waals surface area contributed by atoms with Gasteiger partial charge in [0.1, 0.15) is 0 Å². The summed E-state index contributed by atoms with van der Waals surface area (Å²) in [6.45, 7) is 11.4. The van der Waals surface area contributed by atoms with E-state index in [-0.39, 0.29) is 0 Å². The van der Waals surface area contributed by atoms with Crippen LogP contribution in [0.5, 0.6) is 0 Å². The summed E-state index contributed by atoms with van der Waals surface area (Å²) in [6, 6.07) is 0. The Kier molecular flexibility index (Phi) is 3.00. The van der Waals surface area contributed by atoms with Gasteiger partial charge in [-0.2, -0.15) is 0 Å². The predicted octanol–water partition coefficient (Wildman–Crippen LogP) is 4.19. The molecule has 1 unspecified atom stereocenters. The van der Waals surface area contributed by atoms with E-state index in [0.29, 0.717) is 11.3 Å². The van der Waals surface area contributed by atoms with Gasteiger partial charge in [-0.1, -0.05) is 52.8 Å². The molecule has 1 rings (SSSR count). The summed E-state index contributed by atoms with van der Waals surface area (Å²) < 4.78 is 0. The lowest BCUT2D eigenvalue weighted by molar-refractivity contribution is 0.506. The Morgan fingerprint density at radius 1 is 1.31 bits per heavy atom. The predicted molar refractivity (Wildman–Crippen MR) is 59.6 cm³/mol. The van der Waals surface area contributed by atoms with Crippen molar-refractivity contribution in [3.8, 4) is 0 Å². The van der Waals surface area contributed by atoms with Gasteiger partial charge in [0.15, 0.2) is 0 Å². The summed E-state index contributed by atoms with van der Waals surface area (Å²) in [5.41, 5.74) is 1.82. The van der Waals surface area contributed by atoms with Gasteiger partial charge in [0.05, 0.1) is 0 Å². The van der Waals surface area contributed by atoms with E-state index in [1.807, 2.05) is 0 Å². The average Bonchev–Trinajstić information content (AvgIpc) is 2.32. The standard InChI is InChI=1S/C13H22/c1-10(2)8-11-6-7-12(9-11)13(3,4)5/h6-7,9-11H,8H2,1-5H3. The van der Waals surface area contributed by atoms with Crippen LogP contribution in [0.25, 0.3) is 0 Å². The first-order chi connectivity index (χ1) is 5.89. The zero-order valence-electron chi connectivity index (χ0n) is 9.59. The SMILES string of the molecule is CC(C)CC1C=CC(C(C)(C)C)=C1. The van der Waals surface area contributed by atoms with Crippen molar-refractivity contribution in [3.63, 3.8) is 0 Å².